The summed E-state index contributed by atoms with van der Waals surface area (Å²) in [6.45, 7) is 0.335. The summed E-state index contributed by atoms with van der Waals surface area (Å²) in [4.78, 5) is 27.1. The zero-order chi connectivity index (χ0) is 18.7. The Kier molecular flexibility index (Phi) is 6.15. The highest BCUT2D eigenvalue weighted by Crippen LogP contribution is 2.24. The Bertz CT molecular complexity index is 777. The summed E-state index contributed by atoms with van der Waals surface area (Å²) in [5.41, 5.74) is 0.762. The third-order valence-corrected chi connectivity index (χ3v) is 4.06. The number of H-pyrrole nitrogens is 1. The van der Waals surface area contributed by atoms with Gasteiger partial charge in [-0.15, -0.1) is 0 Å². The van der Waals surface area contributed by atoms with Crippen LogP contribution in [0.5, 0.6) is 0 Å². The molecule has 1 aromatic heterocycles. The second kappa shape index (κ2) is 7.94. The van der Waals surface area contributed by atoms with Crippen molar-refractivity contribution in [2.75, 3.05) is 6.61 Å². The molecule has 9 heteroatoms. The normalized spacial score (nSPS) is 16.2. The van der Waals surface area contributed by atoms with Gasteiger partial charge in [0.2, 0.25) is 5.91 Å². The first kappa shape index (κ1) is 19.4. The number of nitrogens with one attached hydrogen (secondary N) is 2. The number of aliphatic hydroxyl groups excluding tert-OH is 4. The maximum atomic E-state index is 12.8. The molecule has 1 heterocycles. The number of halogens is 1. The van der Waals surface area contributed by atoms with Gasteiger partial charge in [0.05, 0.1) is 6.61 Å². The predicted octanol–water partition coefficient (Wildman–Crippen LogP) is -0.416. The molecule has 136 valence electrons. The number of ketones is 1. The molecule has 8 nitrogen and oxygen atoms in total. The average molecular weight is 371 g/mol. The number of benzene rings is 1. The molecule has 25 heavy (non-hydrogen) atoms. The number of aromatic amines is 1. The van der Waals surface area contributed by atoms with Gasteiger partial charge in [0, 0.05) is 34.6 Å². The van der Waals surface area contributed by atoms with Crippen molar-refractivity contribution in [1.29, 1.82) is 0 Å². The average Bonchev–Trinajstić information content (AvgIpc) is 2.99. The molecular formula is C16H19ClN2O6. The Balaban J connectivity index is 2.39. The first-order chi connectivity index (χ1) is 11.8. The van der Waals surface area contributed by atoms with Crippen LogP contribution in [0.3, 0.4) is 0 Å². The van der Waals surface area contributed by atoms with E-state index in [0.717, 1.165) is 6.92 Å². The lowest BCUT2D eigenvalue weighted by Crippen LogP contribution is -2.55. The topological polar surface area (TPSA) is 143 Å². The minimum atomic E-state index is -1.83. The first-order valence-corrected chi connectivity index (χ1v) is 7.87. The van der Waals surface area contributed by atoms with Gasteiger partial charge < -0.3 is 30.7 Å². The van der Waals surface area contributed by atoms with Crippen LogP contribution < -0.4 is 5.32 Å². The van der Waals surface area contributed by atoms with Crippen LogP contribution in [0.4, 0.5) is 0 Å². The van der Waals surface area contributed by atoms with Gasteiger partial charge >= 0.3 is 0 Å². The molecule has 2 aromatic rings. The van der Waals surface area contributed by atoms with E-state index in [4.69, 9.17) is 16.7 Å². The van der Waals surface area contributed by atoms with Crippen molar-refractivity contribution < 1.29 is 30.0 Å². The Labute approximate surface area is 148 Å². The Morgan fingerprint density at radius 1 is 1.24 bits per heavy atom. The number of amides is 1. The second-order valence-electron chi connectivity index (χ2n) is 5.67. The predicted molar refractivity (Wildman–Crippen MR) is 90.4 cm³/mol. The van der Waals surface area contributed by atoms with E-state index in [1.165, 1.54) is 6.20 Å². The number of fused-ring (bicyclic) bond motifs is 1. The van der Waals surface area contributed by atoms with Crippen LogP contribution in [0.2, 0.25) is 5.02 Å². The van der Waals surface area contributed by atoms with Crippen molar-refractivity contribution in [3.8, 4) is 0 Å². The molecule has 0 aliphatic carbocycles. The number of hydrogen-bond donors (Lipinski definition) is 6. The summed E-state index contributed by atoms with van der Waals surface area (Å²) in [7, 11) is 0. The van der Waals surface area contributed by atoms with Crippen molar-refractivity contribution in [3.05, 3.63) is 35.0 Å². The Morgan fingerprint density at radius 2 is 1.92 bits per heavy atom. The largest absolute Gasteiger partial charge is 0.394 e. The number of carbonyl (C=O) groups is 2. The van der Waals surface area contributed by atoms with Crippen LogP contribution in [-0.2, 0) is 4.79 Å². The highest BCUT2D eigenvalue weighted by atomic mass is 35.5. The van der Waals surface area contributed by atoms with Gasteiger partial charge in [0.1, 0.15) is 24.4 Å². The Morgan fingerprint density at radius 3 is 2.52 bits per heavy atom. The summed E-state index contributed by atoms with van der Waals surface area (Å²) >= 11 is 5.90. The van der Waals surface area contributed by atoms with E-state index in [2.05, 4.69) is 10.3 Å². The van der Waals surface area contributed by atoms with E-state index < -0.39 is 42.7 Å². The maximum absolute atomic E-state index is 12.8. The van der Waals surface area contributed by atoms with E-state index in [1.54, 1.807) is 18.2 Å². The molecule has 0 saturated carbocycles. The second-order valence-corrected chi connectivity index (χ2v) is 6.10. The highest BCUT2D eigenvalue weighted by Gasteiger charge is 2.37. The van der Waals surface area contributed by atoms with Crippen molar-refractivity contribution in [3.63, 3.8) is 0 Å². The van der Waals surface area contributed by atoms with Crippen molar-refractivity contribution in [2.24, 2.45) is 0 Å². The molecule has 0 spiro atoms. The number of rotatable bonds is 7. The van der Waals surface area contributed by atoms with Crippen LogP contribution in [0.25, 0.3) is 10.9 Å². The summed E-state index contributed by atoms with van der Waals surface area (Å²) < 4.78 is 0. The zero-order valence-corrected chi connectivity index (χ0v) is 14.1. The number of Topliss-reactive ketones (excluding diaryl/α,β-unsaturated/α-hetero) is 1. The molecule has 2 rings (SSSR count). The number of carbonyl (C=O) groups excluding carboxylic acids is 2. The summed E-state index contributed by atoms with van der Waals surface area (Å²) in [6, 6.07) is 3.30. The fourth-order valence-corrected chi connectivity index (χ4v) is 2.70. The third-order valence-electron chi connectivity index (χ3n) is 3.82. The van der Waals surface area contributed by atoms with Crippen molar-refractivity contribution in [2.45, 2.75) is 31.3 Å². The maximum Gasteiger partial charge on any atom is 0.217 e. The molecule has 0 fully saturated rings. The minimum absolute atomic E-state index is 0.176. The fourth-order valence-electron chi connectivity index (χ4n) is 2.53. The first-order valence-electron chi connectivity index (χ1n) is 7.49. The molecule has 6 N–H and O–H groups in total. The highest BCUT2D eigenvalue weighted by molar-refractivity contribution is 6.31. The van der Waals surface area contributed by atoms with Crippen LogP contribution in [0.15, 0.2) is 24.4 Å². The van der Waals surface area contributed by atoms with Gasteiger partial charge in [0.15, 0.2) is 5.78 Å². The summed E-state index contributed by atoms with van der Waals surface area (Å²) in [5.74, 6) is -1.27. The van der Waals surface area contributed by atoms with Gasteiger partial charge in [-0.25, -0.2) is 0 Å². The van der Waals surface area contributed by atoms with Gasteiger partial charge in [-0.2, -0.15) is 0 Å². The number of hydrogen-bond acceptors (Lipinski definition) is 6. The van der Waals surface area contributed by atoms with Crippen LogP contribution >= 0.6 is 11.6 Å². The van der Waals surface area contributed by atoms with E-state index in [-0.39, 0.29) is 5.56 Å². The summed E-state index contributed by atoms with van der Waals surface area (Å²) in [5, 5.41) is 41.7. The lowest BCUT2D eigenvalue weighted by molar-refractivity contribution is -0.122. The fraction of sp³-hybridized carbons (Fsp3) is 0.375. The molecule has 0 radical (unpaired) electrons. The SMILES string of the molecule is CC(=O)N[C@@H](C(=O)c1c[nH]c2cc(Cl)ccc12)[C@@H](O)[C@H](O)[C@H](O)CO. The molecule has 0 aliphatic rings. The smallest absolute Gasteiger partial charge is 0.217 e. The molecule has 4 atom stereocenters. The van der Waals surface area contributed by atoms with Crippen LogP contribution in [0.1, 0.15) is 17.3 Å². The number of aromatic nitrogens is 1. The van der Waals surface area contributed by atoms with E-state index >= 15 is 0 Å². The van der Waals surface area contributed by atoms with Crippen LogP contribution in [0, 0.1) is 0 Å². The minimum Gasteiger partial charge on any atom is -0.394 e. The van der Waals surface area contributed by atoms with Gasteiger partial charge in [-0.05, 0) is 12.1 Å². The van der Waals surface area contributed by atoms with Gasteiger partial charge in [-0.3, -0.25) is 9.59 Å². The lowest BCUT2D eigenvalue weighted by atomic mass is 9.94. The number of aliphatic hydroxyl groups is 4. The standard InChI is InChI=1S/C16H19ClN2O6/c1-7(21)19-13(16(25)15(24)12(22)6-20)14(23)10-5-18-11-4-8(17)2-3-9(10)11/h2-5,12-13,15-16,18,20,22,24-25H,6H2,1H3,(H,19,21)/t12-,13+,15-,16-/m1/s1. The molecular weight excluding hydrogens is 352 g/mol. The Hall–Kier alpha value is -1.97. The van der Waals surface area contributed by atoms with Gasteiger partial charge in [0.25, 0.3) is 0 Å². The summed E-state index contributed by atoms with van der Waals surface area (Å²) in [6.07, 6.45) is -3.92. The zero-order valence-electron chi connectivity index (χ0n) is 13.3. The van der Waals surface area contributed by atoms with Crippen molar-refractivity contribution in [1.82, 2.24) is 10.3 Å². The monoisotopic (exact) mass is 370 g/mol. The molecule has 0 unspecified atom stereocenters. The lowest BCUT2D eigenvalue weighted by Gasteiger charge is -2.28. The molecule has 1 amide bonds. The molecule has 0 bridgehead atoms. The van der Waals surface area contributed by atoms with E-state index in [1.807, 2.05) is 0 Å². The van der Waals surface area contributed by atoms with Gasteiger partial charge in [-0.1, -0.05) is 17.7 Å². The molecule has 0 aliphatic heterocycles. The van der Waals surface area contributed by atoms with Crippen LogP contribution in [-0.4, -0.2) is 68.1 Å². The van der Waals surface area contributed by atoms with Crippen molar-refractivity contribution >= 4 is 34.2 Å². The molecule has 1 aromatic carbocycles. The van der Waals surface area contributed by atoms with E-state index in [0.29, 0.717) is 15.9 Å². The molecule has 0 saturated heterocycles. The quantitative estimate of drug-likeness (QED) is 0.365. The third kappa shape index (κ3) is 4.17. The van der Waals surface area contributed by atoms with E-state index in [9.17, 15) is 24.9 Å².